The first kappa shape index (κ1) is 15.7. The van der Waals surface area contributed by atoms with Crippen molar-refractivity contribution in [2.45, 2.75) is 44.2 Å². The molecule has 2 aliphatic heterocycles. The zero-order valence-electron chi connectivity index (χ0n) is 12.3. The molecule has 20 heavy (non-hydrogen) atoms. The van der Waals surface area contributed by atoms with Crippen LogP contribution >= 0.6 is 0 Å². The molecule has 0 saturated carbocycles. The molecule has 2 rings (SSSR count). The molecule has 0 radical (unpaired) electrons. The summed E-state index contributed by atoms with van der Waals surface area (Å²) < 4.78 is 24.4. The summed E-state index contributed by atoms with van der Waals surface area (Å²) in [4.78, 5) is 16.6. The summed E-state index contributed by atoms with van der Waals surface area (Å²) in [5.74, 6) is 0.0731. The maximum absolute atomic E-state index is 12.3. The predicted octanol–water partition coefficient (Wildman–Crippen LogP) is 0.0109. The van der Waals surface area contributed by atoms with Gasteiger partial charge in [0.15, 0.2) is 0 Å². The van der Waals surface area contributed by atoms with E-state index in [4.69, 9.17) is 0 Å². The third-order valence-electron chi connectivity index (χ3n) is 4.34. The fourth-order valence-corrected chi connectivity index (χ4v) is 3.88. The number of nitrogens with zero attached hydrogens (tertiary/aromatic N) is 2. The van der Waals surface area contributed by atoms with Crippen LogP contribution in [0.5, 0.6) is 0 Å². The standard InChI is InChI=1S/C13H25N3O3S/c1-15-9-3-5-11(15)12-6-4-10-16(12)13(17)7-8-14-20(2,18)19/h11-12,14H,3-10H2,1-2H3/t11-,12+/m0/s1. The highest BCUT2D eigenvalue weighted by molar-refractivity contribution is 7.88. The van der Waals surface area contributed by atoms with Crippen molar-refractivity contribution >= 4 is 15.9 Å². The smallest absolute Gasteiger partial charge is 0.224 e. The normalized spacial score (nSPS) is 28.2. The van der Waals surface area contributed by atoms with Crippen LogP contribution in [0.15, 0.2) is 0 Å². The van der Waals surface area contributed by atoms with Crippen molar-refractivity contribution in [2.75, 3.05) is 32.9 Å². The highest BCUT2D eigenvalue weighted by atomic mass is 32.2. The molecule has 1 amide bonds. The molecule has 2 aliphatic rings. The Hall–Kier alpha value is -0.660. The number of carbonyl (C=O) groups is 1. The van der Waals surface area contributed by atoms with E-state index >= 15 is 0 Å². The van der Waals surface area contributed by atoms with Gasteiger partial charge in [0.05, 0.1) is 6.26 Å². The van der Waals surface area contributed by atoms with Gasteiger partial charge in [-0.05, 0) is 39.3 Å². The Balaban J connectivity index is 1.88. The lowest BCUT2D eigenvalue weighted by atomic mass is 10.0. The van der Waals surface area contributed by atoms with E-state index in [0.29, 0.717) is 12.1 Å². The summed E-state index contributed by atoms with van der Waals surface area (Å²) in [7, 11) is -1.08. The van der Waals surface area contributed by atoms with Crippen LogP contribution in [0.2, 0.25) is 0 Å². The second-order valence-corrected chi connectivity index (χ2v) is 7.74. The average molecular weight is 303 g/mol. The number of nitrogens with one attached hydrogen (secondary N) is 1. The van der Waals surface area contributed by atoms with Crippen LogP contribution in [0.1, 0.15) is 32.1 Å². The zero-order valence-corrected chi connectivity index (χ0v) is 13.2. The van der Waals surface area contributed by atoms with Crippen LogP contribution in [0.4, 0.5) is 0 Å². The van der Waals surface area contributed by atoms with Gasteiger partial charge in [0.2, 0.25) is 15.9 Å². The number of likely N-dealkylation sites (tertiary alicyclic amines) is 2. The summed E-state index contributed by atoms with van der Waals surface area (Å²) in [5.41, 5.74) is 0. The number of carbonyl (C=O) groups excluding carboxylic acids is 1. The molecule has 0 aliphatic carbocycles. The number of rotatable bonds is 5. The maximum Gasteiger partial charge on any atom is 0.224 e. The summed E-state index contributed by atoms with van der Waals surface area (Å²) in [6.07, 6.45) is 5.85. The molecule has 0 bridgehead atoms. The van der Waals surface area contributed by atoms with Crippen molar-refractivity contribution in [2.24, 2.45) is 0 Å². The predicted molar refractivity (Wildman–Crippen MR) is 77.9 cm³/mol. The van der Waals surface area contributed by atoms with Crippen molar-refractivity contribution < 1.29 is 13.2 Å². The zero-order chi connectivity index (χ0) is 14.8. The third-order valence-corrected chi connectivity index (χ3v) is 5.07. The Morgan fingerprint density at radius 2 is 1.85 bits per heavy atom. The van der Waals surface area contributed by atoms with Gasteiger partial charge in [-0.1, -0.05) is 0 Å². The van der Waals surface area contributed by atoms with E-state index in [9.17, 15) is 13.2 Å². The third kappa shape index (κ3) is 3.93. The second kappa shape index (κ2) is 6.41. The topological polar surface area (TPSA) is 69.7 Å². The minimum absolute atomic E-state index is 0.0731. The molecule has 1 N–H and O–H groups in total. The molecule has 116 valence electrons. The van der Waals surface area contributed by atoms with Crippen LogP contribution in [0.3, 0.4) is 0 Å². The van der Waals surface area contributed by atoms with Gasteiger partial charge >= 0.3 is 0 Å². The monoisotopic (exact) mass is 303 g/mol. The van der Waals surface area contributed by atoms with E-state index < -0.39 is 10.0 Å². The minimum atomic E-state index is -3.21. The van der Waals surface area contributed by atoms with Crippen LogP contribution in [0.25, 0.3) is 0 Å². The van der Waals surface area contributed by atoms with Gasteiger partial charge in [-0.15, -0.1) is 0 Å². The molecule has 0 spiro atoms. The Morgan fingerprint density at radius 3 is 2.45 bits per heavy atom. The Bertz CT molecular complexity index is 452. The summed E-state index contributed by atoms with van der Waals surface area (Å²) >= 11 is 0. The van der Waals surface area contributed by atoms with E-state index in [1.807, 2.05) is 4.90 Å². The molecule has 7 heteroatoms. The largest absolute Gasteiger partial charge is 0.338 e. The van der Waals surface area contributed by atoms with Crippen molar-refractivity contribution in [3.8, 4) is 0 Å². The summed E-state index contributed by atoms with van der Waals surface area (Å²) in [6, 6.07) is 0.789. The molecular formula is C13H25N3O3S. The molecule has 0 unspecified atom stereocenters. The number of hydrogen-bond donors (Lipinski definition) is 1. The Labute approximate surface area is 121 Å². The highest BCUT2D eigenvalue weighted by Crippen LogP contribution is 2.29. The van der Waals surface area contributed by atoms with Gasteiger partial charge in [0, 0.05) is 31.6 Å². The van der Waals surface area contributed by atoms with Gasteiger partial charge in [-0.2, -0.15) is 0 Å². The van der Waals surface area contributed by atoms with E-state index in [0.717, 1.165) is 38.6 Å². The van der Waals surface area contributed by atoms with E-state index in [1.54, 1.807) is 0 Å². The minimum Gasteiger partial charge on any atom is -0.338 e. The average Bonchev–Trinajstić information content (AvgIpc) is 2.94. The van der Waals surface area contributed by atoms with Crippen LogP contribution in [0, 0.1) is 0 Å². The van der Waals surface area contributed by atoms with E-state index in [2.05, 4.69) is 16.7 Å². The highest BCUT2D eigenvalue weighted by Gasteiger charge is 2.37. The van der Waals surface area contributed by atoms with Crippen LogP contribution < -0.4 is 4.72 Å². The molecule has 2 heterocycles. The maximum atomic E-state index is 12.3. The fraction of sp³-hybridized carbons (Fsp3) is 0.923. The van der Waals surface area contributed by atoms with Gasteiger partial charge in [0.1, 0.15) is 0 Å². The summed E-state index contributed by atoms with van der Waals surface area (Å²) in [6.45, 7) is 2.12. The van der Waals surface area contributed by atoms with Crippen molar-refractivity contribution in [3.05, 3.63) is 0 Å². The molecule has 0 aromatic carbocycles. The first-order chi connectivity index (χ1) is 9.38. The fourth-order valence-electron chi connectivity index (χ4n) is 3.41. The Kier molecular flexibility index (Phi) is 5.04. The van der Waals surface area contributed by atoms with Crippen LogP contribution in [-0.4, -0.2) is 69.1 Å². The molecule has 2 saturated heterocycles. The molecular weight excluding hydrogens is 278 g/mol. The first-order valence-electron chi connectivity index (χ1n) is 7.33. The number of sulfonamides is 1. The molecule has 0 aromatic rings. The van der Waals surface area contributed by atoms with Crippen LogP contribution in [-0.2, 0) is 14.8 Å². The molecule has 2 fully saturated rings. The SMILES string of the molecule is CN1CCC[C@H]1[C@H]1CCCN1C(=O)CCNS(C)(=O)=O. The summed E-state index contributed by atoms with van der Waals surface area (Å²) in [5, 5.41) is 0. The van der Waals surface area contributed by atoms with Crippen molar-refractivity contribution in [3.63, 3.8) is 0 Å². The number of amides is 1. The molecule has 6 nitrogen and oxygen atoms in total. The van der Waals surface area contributed by atoms with Gasteiger partial charge in [0.25, 0.3) is 0 Å². The van der Waals surface area contributed by atoms with Gasteiger partial charge < -0.3 is 9.80 Å². The van der Waals surface area contributed by atoms with E-state index in [-0.39, 0.29) is 18.9 Å². The molecule has 0 aromatic heterocycles. The van der Waals surface area contributed by atoms with Gasteiger partial charge in [-0.25, -0.2) is 13.1 Å². The quantitative estimate of drug-likeness (QED) is 0.777. The molecule has 2 atom stereocenters. The number of likely N-dealkylation sites (N-methyl/N-ethyl adjacent to an activating group) is 1. The first-order valence-corrected chi connectivity index (χ1v) is 9.22. The van der Waals surface area contributed by atoms with E-state index in [1.165, 1.54) is 6.42 Å². The lowest BCUT2D eigenvalue weighted by Crippen LogP contribution is -2.47. The Morgan fingerprint density at radius 1 is 1.20 bits per heavy atom. The second-order valence-electron chi connectivity index (χ2n) is 5.90. The van der Waals surface area contributed by atoms with Crippen molar-refractivity contribution in [1.29, 1.82) is 0 Å². The number of hydrogen-bond acceptors (Lipinski definition) is 4. The van der Waals surface area contributed by atoms with Gasteiger partial charge in [-0.3, -0.25) is 4.79 Å². The lowest BCUT2D eigenvalue weighted by molar-refractivity contribution is -0.132. The van der Waals surface area contributed by atoms with Crippen molar-refractivity contribution in [1.82, 2.24) is 14.5 Å². The lowest BCUT2D eigenvalue weighted by Gasteiger charge is -2.33.